The summed E-state index contributed by atoms with van der Waals surface area (Å²) >= 11 is 3.20. The second-order valence-corrected chi connectivity index (χ2v) is 3.38. The second kappa shape index (κ2) is 2.81. The van der Waals surface area contributed by atoms with Crippen molar-refractivity contribution in [1.29, 1.82) is 0 Å². The molecule has 0 radical (unpaired) electrons. The van der Waals surface area contributed by atoms with Gasteiger partial charge in [0.2, 0.25) is 5.78 Å². The zero-order valence-electron chi connectivity index (χ0n) is 6.44. The second-order valence-electron chi connectivity index (χ2n) is 2.46. The fourth-order valence-corrected chi connectivity index (χ4v) is 1.27. The van der Waals surface area contributed by atoms with Crippen LogP contribution >= 0.6 is 15.9 Å². The molecule has 66 valence electrons. The van der Waals surface area contributed by atoms with Crippen molar-refractivity contribution in [3.63, 3.8) is 0 Å². The molecule has 2 N–H and O–H groups in total. The molecule has 2 rings (SSSR count). The van der Waals surface area contributed by atoms with Gasteiger partial charge in [0.1, 0.15) is 5.69 Å². The van der Waals surface area contributed by atoms with Gasteiger partial charge in [-0.1, -0.05) is 0 Å². The van der Waals surface area contributed by atoms with Crippen molar-refractivity contribution in [2.24, 2.45) is 0 Å². The lowest BCUT2D eigenvalue weighted by Gasteiger charge is -1.99. The predicted octanol–water partition coefficient (Wildman–Crippen LogP) is 0.434. The molecule has 0 spiro atoms. The van der Waals surface area contributed by atoms with E-state index in [1.54, 1.807) is 12.4 Å². The number of halogens is 1. The number of rotatable bonds is 0. The highest BCUT2D eigenvalue weighted by Gasteiger charge is 2.01. The van der Waals surface area contributed by atoms with Crippen LogP contribution in [0.2, 0.25) is 0 Å². The largest absolute Gasteiger partial charge is 0.393 e. The van der Waals surface area contributed by atoms with Crippen LogP contribution in [-0.4, -0.2) is 14.4 Å². The third kappa shape index (κ3) is 1.29. The topological polar surface area (TPSA) is 73.3 Å². The summed E-state index contributed by atoms with van der Waals surface area (Å²) in [6, 6.07) is 0. The maximum Gasteiger partial charge on any atom is 0.282 e. The Hall–Kier alpha value is -1.43. The normalized spacial score (nSPS) is 10.5. The maximum absolute atomic E-state index is 11.4. The molecular formula is C7H5BrN4O. The summed E-state index contributed by atoms with van der Waals surface area (Å²) in [5.74, 6) is 0.336. The van der Waals surface area contributed by atoms with E-state index in [9.17, 15) is 4.79 Å². The number of nitrogens with two attached hydrogens (primary N) is 1. The molecule has 5 nitrogen and oxygen atoms in total. The van der Waals surface area contributed by atoms with Crippen molar-refractivity contribution in [3.8, 4) is 0 Å². The standard InChI is InChI=1S/C7H5BrN4O/c8-4-1-10-7-11-2-5(9)6(13)12(7)3-4/h1-3H,9H2. The minimum absolute atomic E-state index is 0.109. The zero-order chi connectivity index (χ0) is 9.42. The molecule has 0 aromatic carbocycles. The summed E-state index contributed by atoms with van der Waals surface area (Å²) in [7, 11) is 0. The number of fused-ring (bicyclic) bond motifs is 1. The summed E-state index contributed by atoms with van der Waals surface area (Å²) in [6.45, 7) is 0. The maximum atomic E-state index is 11.4. The van der Waals surface area contributed by atoms with E-state index in [2.05, 4.69) is 25.9 Å². The van der Waals surface area contributed by atoms with Crippen molar-refractivity contribution in [2.45, 2.75) is 0 Å². The lowest BCUT2D eigenvalue weighted by atomic mass is 10.5. The average molecular weight is 241 g/mol. The molecule has 0 aliphatic rings. The summed E-state index contributed by atoms with van der Waals surface area (Å²) < 4.78 is 1.99. The van der Waals surface area contributed by atoms with Crippen LogP contribution in [-0.2, 0) is 0 Å². The van der Waals surface area contributed by atoms with E-state index in [1.807, 2.05) is 0 Å². The van der Waals surface area contributed by atoms with E-state index < -0.39 is 0 Å². The first kappa shape index (κ1) is 8.18. The monoisotopic (exact) mass is 240 g/mol. The fraction of sp³-hybridized carbons (Fsp3) is 0. The Balaban J connectivity index is 2.97. The zero-order valence-corrected chi connectivity index (χ0v) is 8.02. The van der Waals surface area contributed by atoms with E-state index in [-0.39, 0.29) is 11.2 Å². The smallest absolute Gasteiger partial charge is 0.282 e. The molecule has 2 aromatic rings. The number of aromatic nitrogens is 3. The third-order valence-electron chi connectivity index (χ3n) is 1.56. The number of anilines is 1. The molecular weight excluding hydrogens is 236 g/mol. The Bertz CT molecular complexity index is 516. The van der Waals surface area contributed by atoms with Gasteiger partial charge in [-0.15, -0.1) is 0 Å². The van der Waals surface area contributed by atoms with E-state index >= 15 is 0 Å². The lowest BCUT2D eigenvalue weighted by Crippen LogP contribution is -2.18. The van der Waals surface area contributed by atoms with Gasteiger partial charge >= 0.3 is 0 Å². The number of hydrogen-bond donors (Lipinski definition) is 1. The molecule has 2 aromatic heterocycles. The molecule has 0 saturated carbocycles. The first-order valence-electron chi connectivity index (χ1n) is 3.47. The van der Waals surface area contributed by atoms with Gasteiger partial charge in [0, 0.05) is 12.4 Å². The molecule has 6 heteroatoms. The summed E-state index contributed by atoms with van der Waals surface area (Å²) in [4.78, 5) is 19.2. The SMILES string of the molecule is Nc1cnc2ncc(Br)cn2c1=O. The van der Waals surface area contributed by atoms with Gasteiger partial charge in [-0.2, -0.15) is 0 Å². The molecule has 0 aliphatic carbocycles. The van der Waals surface area contributed by atoms with Gasteiger partial charge in [0.05, 0.1) is 10.7 Å². The van der Waals surface area contributed by atoms with Gasteiger partial charge in [-0.3, -0.25) is 4.79 Å². The highest BCUT2D eigenvalue weighted by Crippen LogP contribution is 2.06. The highest BCUT2D eigenvalue weighted by molar-refractivity contribution is 9.10. The van der Waals surface area contributed by atoms with E-state index in [0.29, 0.717) is 10.3 Å². The quantitative estimate of drug-likeness (QED) is 0.725. The molecule has 0 fully saturated rings. The van der Waals surface area contributed by atoms with Crippen LogP contribution in [0.25, 0.3) is 5.78 Å². The third-order valence-corrected chi connectivity index (χ3v) is 1.97. The molecule has 0 saturated heterocycles. The van der Waals surface area contributed by atoms with Crippen LogP contribution in [0.1, 0.15) is 0 Å². The summed E-state index contributed by atoms with van der Waals surface area (Å²) in [5.41, 5.74) is 5.20. The molecule has 0 bridgehead atoms. The lowest BCUT2D eigenvalue weighted by molar-refractivity contribution is 0.993. The number of nitrogens with zero attached hydrogens (tertiary/aromatic N) is 3. The molecule has 2 heterocycles. The van der Waals surface area contributed by atoms with Crippen molar-refractivity contribution < 1.29 is 0 Å². The van der Waals surface area contributed by atoms with Crippen molar-refractivity contribution >= 4 is 27.4 Å². The van der Waals surface area contributed by atoms with Gasteiger partial charge < -0.3 is 5.73 Å². The van der Waals surface area contributed by atoms with Gasteiger partial charge in [0.15, 0.2) is 0 Å². The Morgan fingerprint density at radius 1 is 1.38 bits per heavy atom. The van der Waals surface area contributed by atoms with Crippen LogP contribution in [0, 0.1) is 0 Å². The first-order valence-corrected chi connectivity index (χ1v) is 4.26. The summed E-state index contributed by atoms with van der Waals surface area (Å²) in [5, 5.41) is 0. The Morgan fingerprint density at radius 3 is 2.85 bits per heavy atom. The molecule has 0 aliphatic heterocycles. The first-order chi connectivity index (χ1) is 6.18. The predicted molar refractivity (Wildman–Crippen MR) is 51.4 cm³/mol. The van der Waals surface area contributed by atoms with Crippen LogP contribution < -0.4 is 11.3 Å². The van der Waals surface area contributed by atoms with Gasteiger partial charge in [-0.25, -0.2) is 14.4 Å². The number of hydrogen-bond acceptors (Lipinski definition) is 4. The minimum atomic E-state index is -0.307. The van der Waals surface area contributed by atoms with E-state index in [1.165, 1.54) is 10.6 Å². The fourth-order valence-electron chi connectivity index (χ4n) is 0.963. The molecule has 0 amide bonds. The van der Waals surface area contributed by atoms with E-state index in [4.69, 9.17) is 5.73 Å². The van der Waals surface area contributed by atoms with Crippen molar-refractivity contribution in [1.82, 2.24) is 14.4 Å². The van der Waals surface area contributed by atoms with Crippen LogP contribution in [0.3, 0.4) is 0 Å². The molecule has 0 atom stereocenters. The number of nitrogen functional groups attached to an aromatic ring is 1. The van der Waals surface area contributed by atoms with Crippen LogP contribution in [0.15, 0.2) is 27.9 Å². The van der Waals surface area contributed by atoms with Crippen LogP contribution in [0.4, 0.5) is 5.69 Å². The molecule has 13 heavy (non-hydrogen) atoms. The van der Waals surface area contributed by atoms with Crippen molar-refractivity contribution in [2.75, 3.05) is 5.73 Å². The average Bonchev–Trinajstić information content (AvgIpc) is 2.12. The summed E-state index contributed by atoms with van der Waals surface area (Å²) in [6.07, 6.45) is 4.45. The van der Waals surface area contributed by atoms with E-state index in [0.717, 1.165) is 0 Å². The Labute approximate surface area is 81.4 Å². The minimum Gasteiger partial charge on any atom is -0.393 e. The van der Waals surface area contributed by atoms with Crippen LogP contribution in [0.5, 0.6) is 0 Å². The Kier molecular flexibility index (Phi) is 1.77. The van der Waals surface area contributed by atoms with Gasteiger partial charge in [0.25, 0.3) is 5.56 Å². The Morgan fingerprint density at radius 2 is 2.08 bits per heavy atom. The van der Waals surface area contributed by atoms with Crippen molar-refractivity contribution in [3.05, 3.63) is 33.4 Å². The molecule has 0 unspecified atom stereocenters. The highest BCUT2D eigenvalue weighted by atomic mass is 79.9. The van der Waals surface area contributed by atoms with Gasteiger partial charge in [-0.05, 0) is 15.9 Å².